The van der Waals surface area contributed by atoms with Gasteiger partial charge < -0.3 is 11.5 Å². The van der Waals surface area contributed by atoms with Crippen molar-refractivity contribution in [2.75, 3.05) is 6.54 Å². The zero-order valence-electron chi connectivity index (χ0n) is 9.17. The Hall–Kier alpha value is -0.930. The molecule has 0 spiro atoms. The average Bonchev–Trinajstić information content (AvgIpc) is 2.17. The maximum atomic E-state index is 12.9. The van der Waals surface area contributed by atoms with Crippen LogP contribution in [0.25, 0.3) is 0 Å². The smallest absolute Gasteiger partial charge is 0.123 e. The molecule has 0 aromatic heterocycles. The molecule has 0 heterocycles. The third kappa shape index (κ3) is 3.61. The highest BCUT2D eigenvalue weighted by Crippen LogP contribution is 2.20. The average molecular weight is 210 g/mol. The van der Waals surface area contributed by atoms with E-state index >= 15 is 0 Å². The van der Waals surface area contributed by atoms with E-state index in [0.29, 0.717) is 6.54 Å². The Morgan fingerprint density at radius 3 is 2.67 bits per heavy atom. The molecule has 0 fully saturated rings. The highest BCUT2D eigenvalue weighted by Gasteiger charge is 2.08. The van der Waals surface area contributed by atoms with Gasteiger partial charge in [0.25, 0.3) is 0 Å². The Kier molecular flexibility index (Phi) is 4.72. The summed E-state index contributed by atoms with van der Waals surface area (Å²) in [5, 5.41) is 0. The van der Waals surface area contributed by atoms with E-state index in [9.17, 15) is 4.39 Å². The first-order valence-corrected chi connectivity index (χ1v) is 5.37. The van der Waals surface area contributed by atoms with Crippen molar-refractivity contribution in [3.05, 3.63) is 35.1 Å². The summed E-state index contributed by atoms with van der Waals surface area (Å²) >= 11 is 0. The van der Waals surface area contributed by atoms with Crippen molar-refractivity contribution in [2.24, 2.45) is 11.5 Å². The standard InChI is InChI=1S/C12H19FN2/c1-9-8-10(13)5-6-11(9)12(15)4-2-3-7-14/h5-6,8,12H,2-4,7,14-15H2,1H3/t12-/m0/s1. The summed E-state index contributed by atoms with van der Waals surface area (Å²) in [6.07, 6.45) is 2.92. The summed E-state index contributed by atoms with van der Waals surface area (Å²) in [6.45, 7) is 2.59. The normalized spacial score (nSPS) is 12.8. The van der Waals surface area contributed by atoms with Gasteiger partial charge in [0.05, 0.1) is 0 Å². The summed E-state index contributed by atoms with van der Waals surface area (Å²) in [5.41, 5.74) is 13.4. The van der Waals surface area contributed by atoms with Gasteiger partial charge >= 0.3 is 0 Å². The molecule has 1 rings (SSSR count). The second kappa shape index (κ2) is 5.83. The number of hydrogen-bond donors (Lipinski definition) is 2. The number of benzene rings is 1. The van der Waals surface area contributed by atoms with E-state index in [1.54, 1.807) is 6.07 Å². The van der Waals surface area contributed by atoms with Crippen molar-refractivity contribution in [1.82, 2.24) is 0 Å². The van der Waals surface area contributed by atoms with Crippen LogP contribution in [0.4, 0.5) is 4.39 Å². The molecule has 15 heavy (non-hydrogen) atoms. The van der Waals surface area contributed by atoms with E-state index in [0.717, 1.165) is 30.4 Å². The summed E-state index contributed by atoms with van der Waals surface area (Å²) in [4.78, 5) is 0. The molecule has 0 aliphatic heterocycles. The Bertz CT molecular complexity index is 312. The van der Waals surface area contributed by atoms with Gasteiger partial charge in [-0.05, 0) is 49.6 Å². The lowest BCUT2D eigenvalue weighted by atomic mass is 9.97. The van der Waals surface area contributed by atoms with Gasteiger partial charge in [0.2, 0.25) is 0 Å². The number of unbranched alkanes of at least 4 members (excludes halogenated alkanes) is 1. The third-order valence-corrected chi connectivity index (χ3v) is 2.60. The van der Waals surface area contributed by atoms with Crippen LogP contribution in [0.1, 0.15) is 36.4 Å². The topological polar surface area (TPSA) is 52.0 Å². The van der Waals surface area contributed by atoms with Crippen LogP contribution in [0.3, 0.4) is 0 Å². The first-order chi connectivity index (χ1) is 7.15. The summed E-state index contributed by atoms with van der Waals surface area (Å²) in [7, 11) is 0. The molecule has 0 unspecified atom stereocenters. The predicted octanol–water partition coefficient (Wildman–Crippen LogP) is 2.26. The molecule has 84 valence electrons. The van der Waals surface area contributed by atoms with Crippen LogP contribution < -0.4 is 11.5 Å². The maximum Gasteiger partial charge on any atom is 0.123 e. The number of hydrogen-bond acceptors (Lipinski definition) is 2. The SMILES string of the molecule is Cc1cc(F)ccc1[C@@H](N)CCCCN. The molecule has 2 nitrogen and oxygen atoms in total. The number of nitrogens with two attached hydrogens (primary N) is 2. The van der Waals surface area contributed by atoms with Gasteiger partial charge in [0, 0.05) is 6.04 Å². The molecular formula is C12H19FN2. The third-order valence-electron chi connectivity index (χ3n) is 2.60. The van der Waals surface area contributed by atoms with Crippen LogP contribution in [0, 0.1) is 12.7 Å². The molecule has 0 saturated heterocycles. The van der Waals surface area contributed by atoms with E-state index in [-0.39, 0.29) is 11.9 Å². The zero-order chi connectivity index (χ0) is 11.3. The van der Waals surface area contributed by atoms with Crippen LogP contribution in [0.15, 0.2) is 18.2 Å². The minimum atomic E-state index is -0.203. The van der Waals surface area contributed by atoms with Gasteiger partial charge in [-0.1, -0.05) is 12.5 Å². The minimum absolute atomic E-state index is 0.00264. The van der Waals surface area contributed by atoms with Crippen LogP contribution in [-0.2, 0) is 0 Å². The van der Waals surface area contributed by atoms with Crippen LogP contribution in [0.5, 0.6) is 0 Å². The van der Waals surface area contributed by atoms with E-state index in [1.165, 1.54) is 12.1 Å². The lowest BCUT2D eigenvalue weighted by Gasteiger charge is -2.14. The van der Waals surface area contributed by atoms with Gasteiger partial charge in [0.1, 0.15) is 5.82 Å². The van der Waals surface area contributed by atoms with Gasteiger partial charge in [-0.25, -0.2) is 4.39 Å². The fourth-order valence-electron chi connectivity index (χ4n) is 1.72. The number of aryl methyl sites for hydroxylation is 1. The van der Waals surface area contributed by atoms with Gasteiger partial charge in [-0.2, -0.15) is 0 Å². The molecule has 1 aromatic carbocycles. The summed E-state index contributed by atoms with van der Waals surface area (Å²) < 4.78 is 12.9. The van der Waals surface area contributed by atoms with Crippen LogP contribution in [0.2, 0.25) is 0 Å². The fraction of sp³-hybridized carbons (Fsp3) is 0.500. The highest BCUT2D eigenvalue weighted by molar-refractivity contribution is 5.29. The molecule has 0 aliphatic carbocycles. The molecule has 4 N–H and O–H groups in total. The quantitative estimate of drug-likeness (QED) is 0.732. The van der Waals surface area contributed by atoms with Crippen molar-refractivity contribution in [3.8, 4) is 0 Å². The minimum Gasteiger partial charge on any atom is -0.330 e. The number of rotatable bonds is 5. The first-order valence-electron chi connectivity index (χ1n) is 5.37. The molecule has 0 aliphatic rings. The first kappa shape index (κ1) is 12.1. The monoisotopic (exact) mass is 210 g/mol. The molecule has 0 bridgehead atoms. The Morgan fingerprint density at radius 2 is 2.07 bits per heavy atom. The van der Waals surface area contributed by atoms with Crippen molar-refractivity contribution >= 4 is 0 Å². The molecule has 1 aromatic rings. The Balaban J connectivity index is 2.61. The van der Waals surface area contributed by atoms with Crippen molar-refractivity contribution < 1.29 is 4.39 Å². The maximum absolute atomic E-state index is 12.9. The molecular weight excluding hydrogens is 191 g/mol. The fourth-order valence-corrected chi connectivity index (χ4v) is 1.72. The van der Waals surface area contributed by atoms with E-state index in [4.69, 9.17) is 11.5 Å². The zero-order valence-corrected chi connectivity index (χ0v) is 9.17. The molecule has 0 radical (unpaired) electrons. The van der Waals surface area contributed by atoms with Crippen molar-refractivity contribution in [1.29, 1.82) is 0 Å². The summed E-state index contributed by atoms with van der Waals surface area (Å²) in [6, 6.07) is 4.76. The number of halogens is 1. The van der Waals surface area contributed by atoms with E-state index in [2.05, 4.69) is 0 Å². The largest absolute Gasteiger partial charge is 0.330 e. The van der Waals surface area contributed by atoms with Gasteiger partial charge in [0.15, 0.2) is 0 Å². The van der Waals surface area contributed by atoms with Gasteiger partial charge in [-0.3, -0.25) is 0 Å². The van der Waals surface area contributed by atoms with Crippen LogP contribution >= 0.6 is 0 Å². The van der Waals surface area contributed by atoms with Crippen molar-refractivity contribution in [2.45, 2.75) is 32.2 Å². The second-order valence-electron chi connectivity index (χ2n) is 3.89. The Labute approximate surface area is 90.5 Å². The second-order valence-corrected chi connectivity index (χ2v) is 3.89. The highest BCUT2D eigenvalue weighted by atomic mass is 19.1. The molecule has 1 atom stereocenters. The molecule has 0 amide bonds. The van der Waals surface area contributed by atoms with Crippen molar-refractivity contribution in [3.63, 3.8) is 0 Å². The van der Waals surface area contributed by atoms with E-state index < -0.39 is 0 Å². The predicted molar refractivity (Wildman–Crippen MR) is 61.0 cm³/mol. The summed E-state index contributed by atoms with van der Waals surface area (Å²) in [5.74, 6) is -0.203. The molecule has 3 heteroatoms. The van der Waals surface area contributed by atoms with Gasteiger partial charge in [-0.15, -0.1) is 0 Å². The Morgan fingerprint density at radius 1 is 1.33 bits per heavy atom. The molecule has 0 saturated carbocycles. The van der Waals surface area contributed by atoms with E-state index in [1.807, 2.05) is 6.92 Å². The lowest BCUT2D eigenvalue weighted by molar-refractivity contribution is 0.584. The lowest BCUT2D eigenvalue weighted by Crippen LogP contribution is -2.12. The van der Waals surface area contributed by atoms with Crippen LogP contribution in [-0.4, -0.2) is 6.54 Å².